The van der Waals surface area contributed by atoms with Crippen LogP contribution >= 0.6 is 0 Å². The van der Waals surface area contributed by atoms with E-state index in [0.717, 1.165) is 11.3 Å². The second-order valence-corrected chi connectivity index (χ2v) is 3.81. The van der Waals surface area contributed by atoms with Crippen molar-refractivity contribution < 1.29 is 9.53 Å². The van der Waals surface area contributed by atoms with Gasteiger partial charge in [-0.3, -0.25) is 5.10 Å². The number of H-pyrrole nitrogens is 1. The summed E-state index contributed by atoms with van der Waals surface area (Å²) >= 11 is 0. The fourth-order valence-corrected chi connectivity index (χ4v) is 0.995. The van der Waals surface area contributed by atoms with Gasteiger partial charge in [-0.2, -0.15) is 5.10 Å². The largest absolute Gasteiger partial charge is 0.461 e. The van der Waals surface area contributed by atoms with E-state index in [1.54, 1.807) is 0 Å². The van der Waals surface area contributed by atoms with Crippen LogP contribution in [-0.2, 0) is 4.74 Å². The zero-order chi connectivity index (χ0) is 10.7. The summed E-state index contributed by atoms with van der Waals surface area (Å²) in [5.74, 6) is -0.000144. The van der Waals surface area contributed by atoms with E-state index >= 15 is 0 Å². The Labute approximate surface area is 83.7 Å². The van der Waals surface area contributed by atoms with Crippen LogP contribution in [-0.4, -0.2) is 22.8 Å². The molecule has 0 unspecified atom stereocenters. The molecule has 0 spiro atoms. The Hall–Kier alpha value is -1.32. The maximum atomic E-state index is 11.5. The van der Waals surface area contributed by atoms with Crippen LogP contribution in [0.3, 0.4) is 0 Å². The lowest BCUT2D eigenvalue weighted by Crippen LogP contribution is -2.11. The van der Waals surface area contributed by atoms with E-state index in [9.17, 15) is 4.79 Å². The van der Waals surface area contributed by atoms with Gasteiger partial charge in [0.2, 0.25) is 0 Å². The summed E-state index contributed by atoms with van der Waals surface area (Å²) in [6.07, 6.45) is 0. The van der Waals surface area contributed by atoms with Crippen molar-refractivity contribution in [3.8, 4) is 0 Å². The highest BCUT2D eigenvalue weighted by Gasteiger charge is 2.15. The number of carbonyl (C=O) groups is 1. The second-order valence-electron chi connectivity index (χ2n) is 3.81. The quantitative estimate of drug-likeness (QED) is 0.750. The number of ether oxygens (including phenoxy) is 1. The summed E-state index contributed by atoms with van der Waals surface area (Å²) in [5, 5.41) is 6.65. The normalized spacial score (nSPS) is 10.6. The smallest absolute Gasteiger partial charge is 0.359 e. The van der Waals surface area contributed by atoms with Gasteiger partial charge in [0.15, 0.2) is 5.69 Å². The molecule has 0 aliphatic rings. The first-order chi connectivity index (χ1) is 6.52. The van der Waals surface area contributed by atoms with E-state index < -0.39 is 0 Å². The van der Waals surface area contributed by atoms with Crippen LogP contribution in [0, 0.1) is 19.8 Å². The Morgan fingerprint density at radius 3 is 2.57 bits per heavy atom. The maximum absolute atomic E-state index is 11.5. The van der Waals surface area contributed by atoms with Crippen LogP contribution in [0.4, 0.5) is 0 Å². The summed E-state index contributed by atoms with van der Waals surface area (Å²) in [5.41, 5.74) is 2.16. The van der Waals surface area contributed by atoms with Gasteiger partial charge in [0.25, 0.3) is 0 Å². The first-order valence-corrected chi connectivity index (χ1v) is 4.71. The third-order valence-electron chi connectivity index (χ3n) is 1.99. The van der Waals surface area contributed by atoms with Crippen LogP contribution in [0.2, 0.25) is 0 Å². The maximum Gasteiger partial charge on any atom is 0.359 e. The second kappa shape index (κ2) is 4.26. The minimum atomic E-state index is -0.347. The first-order valence-electron chi connectivity index (χ1n) is 4.71. The number of nitrogens with one attached hydrogen (secondary N) is 1. The molecule has 1 aromatic rings. The topological polar surface area (TPSA) is 55.0 Å². The Morgan fingerprint density at radius 1 is 1.50 bits per heavy atom. The molecule has 1 rings (SSSR count). The summed E-state index contributed by atoms with van der Waals surface area (Å²) in [7, 11) is 0. The molecular weight excluding hydrogens is 180 g/mol. The highest BCUT2D eigenvalue weighted by atomic mass is 16.5. The number of esters is 1. The molecule has 1 aromatic heterocycles. The standard InChI is InChI=1S/C10H16N2O2/c1-6(2)5-14-10(13)9-7(3)8(4)11-12-9/h6H,5H2,1-4H3,(H,11,12). The fraction of sp³-hybridized carbons (Fsp3) is 0.600. The van der Waals surface area contributed by atoms with Gasteiger partial charge < -0.3 is 4.74 Å². The summed E-state index contributed by atoms with van der Waals surface area (Å²) < 4.78 is 5.06. The van der Waals surface area contributed by atoms with Crippen LogP contribution in [0.5, 0.6) is 0 Å². The van der Waals surface area contributed by atoms with Crippen molar-refractivity contribution in [3.63, 3.8) is 0 Å². The van der Waals surface area contributed by atoms with Crippen LogP contribution in [0.15, 0.2) is 0 Å². The summed E-state index contributed by atoms with van der Waals surface area (Å²) in [4.78, 5) is 11.5. The predicted octanol–water partition coefficient (Wildman–Crippen LogP) is 1.84. The van der Waals surface area contributed by atoms with E-state index in [-0.39, 0.29) is 5.97 Å². The Kier molecular flexibility index (Phi) is 3.28. The lowest BCUT2D eigenvalue weighted by atomic mass is 10.2. The van der Waals surface area contributed by atoms with Crippen molar-refractivity contribution >= 4 is 5.97 Å². The van der Waals surface area contributed by atoms with Gasteiger partial charge in [-0.25, -0.2) is 4.79 Å². The first kappa shape index (κ1) is 10.8. The summed E-state index contributed by atoms with van der Waals surface area (Å²) in [6.45, 7) is 8.16. The lowest BCUT2D eigenvalue weighted by molar-refractivity contribution is 0.0451. The number of rotatable bonds is 3. The Bertz CT molecular complexity index is 329. The van der Waals surface area contributed by atoms with Gasteiger partial charge in [-0.05, 0) is 19.8 Å². The number of aromatic nitrogens is 2. The third-order valence-corrected chi connectivity index (χ3v) is 1.99. The minimum Gasteiger partial charge on any atom is -0.461 e. The molecule has 0 saturated heterocycles. The molecule has 0 fully saturated rings. The molecule has 0 aliphatic heterocycles. The van der Waals surface area contributed by atoms with Crippen molar-refractivity contribution in [3.05, 3.63) is 17.0 Å². The highest BCUT2D eigenvalue weighted by Crippen LogP contribution is 2.10. The van der Waals surface area contributed by atoms with E-state index in [2.05, 4.69) is 10.2 Å². The zero-order valence-corrected chi connectivity index (χ0v) is 9.05. The van der Waals surface area contributed by atoms with Crippen LogP contribution in [0.1, 0.15) is 35.6 Å². The molecule has 1 N–H and O–H groups in total. The lowest BCUT2D eigenvalue weighted by Gasteiger charge is -2.05. The predicted molar refractivity (Wildman–Crippen MR) is 53.2 cm³/mol. The molecule has 4 heteroatoms. The summed E-state index contributed by atoms with van der Waals surface area (Å²) in [6, 6.07) is 0. The number of hydrogen-bond donors (Lipinski definition) is 1. The molecule has 4 nitrogen and oxygen atoms in total. The van der Waals surface area contributed by atoms with E-state index in [1.807, 2.05) is 27.7 Å². The fourth-order valence-electron chi connectivity index (χ4n) is 0.995. The van der Waals surface area contributed by atoms with Gasteiger partial charge in [-0.1, -0.05) is 13.8 Å². The van der Waals surface area contributed by atoms with Gasteiger partial charge in [0.1, 0.15) is 0 Å². The van der Waals surface area contributed by atoms with Crippen LogP contribution in [0.25, 0.3) is 0 Å². The number of nitrogens with zero attached hydrogens (tertiary/aromatic N) is 1. The number of aryl methyl sites for hydroxylation is 1. The molecular formula is C10H16N2O2. The van der Waals surface area contributed by atoms with E-state index in [4.69, 9.17) is 4.74 Å². The molecule has 0 saturated carbocycles. The zero-order valence-electron chi connectivity index (χ0n) is 9.05. The average molecular weight is 196 g/mol. The third kappa shape index (κ3) is 2.34. The van der Waals surface area contributed by atoms with Crippen molar-refractivity contribution in [2.75, 3.05) is 6.61 Å². The van der Waals surface area contributed by atoms with Gasteiger partial charge in [-0.15, -0.1) is 0 Å². The molecule has 78 valence electrons. The molecule has 0 amide bonds. The molecule has 1 heterocycles. The monoisotopic (exact) mass is 196 g/mol. The Balaban J connectivity index is 2.66. The van der Waals surface area contributed by atoms with Gasteiger partial charge in [0.05, 0.1) is 6.61 Å². The number of carbonyl (C=O) groups excluding carboxylic acids is 1. The molecule has 0 bridgehead atoms. The SMILES string of the molecule is Cc1[nH]nc(C(=O)OCC(C)C)c1C. The number of aromatic amines is 1. The van der Waals surface area contributed by atoms with Crippen molar-refractivity contribution in [2.24, 2.45) is 5.92 Å². The van der Waals surface area contributed by atoms with E-state index in [0.29, 0.717) is 18.2 Å². The minimum absolute atomic E-state index is 0.347. The molecule has 0 aromatic carbocycles. The molecule has 14 heavy (non-hydrogen) atoms. The average Bonchev–Trinajstić information content (AvgIpc) is 2.44. The van der Waals surface area contributed by atoms with Gasteiger partial charge in [0, 0.05) is 11.3 Å². The molecule has 0 aliphatic carbocycles. The highest BCUT2D eigenvalue weighted by molar-refractivity contribution is 5.89. The van der Waals surface area contributed by atoms with Crippen molar-refractivity contribution in [1.82, 2.24) is 10.2 Å². The Morgan fingerprint density at radius 2 is 2.14 bits per heavy atom. The van der Waals surface area contributed by atoms with E-state index in [1.165, 1.54) is 0 Å². The molecule has 0 radical (unpaired) electrons. The molecule has 0 atom stereocenters. The van der Waals surface area contributed by atoms with Crippen molar-refractivity contribution in [2.45, 2.75) is 27.7 Å². The number of hydrogen-bond acceptors (Lipinski definition) is 3. The van der Waals surface area contributed by atoms with Crippen molar-refractivity contribution in [1.29, 1.82) is 0 Å². The van der Waals surface area contributed by atoms with Crippen LogP contribution < -0.4 is 0 Å². The van der Waals surface area contributed by atoms with Gasteiger partial charge >= 0.3 is 5.97 Å².